The Morgan fingerprint density at radius 3 is 2.61 bits per heavy atom. The smallest absolute Gasteiger partial charge is 0.249 e. The highest BCUT2D eigenvalue weighted by Crippen LogP contribution is 2.42. The average molecular weight is 424 g/mol. The summed E-state index contributed by atoms with van der Waals surface area (Å²) in [6, 6.07) is 7.28. The second kappa shape index (κ2) is 8.60. The van der Waals surface area contributed by atoms with Crippen LogP contribution in [-0.4, -0.2) is 52.3 Å². The number of rotatable bonds is 5. The van der Waals surface area contributed by atoms with Crippen molar-refractivity contribution in [2.24, 2.45) is 0 Å². The van der Waals surface area contributed by atoms with E-state index in [4.69, 9.17) is 39.3 Å². The van der Waals surface area contributed by atoms with E-state index in [0.29, 0.717) is 22.9 Å². The number of benzene rings is 1. The van der Waals surface area contributed by atoms with Crippen molar-refractivity contribution in [2.45, 2.75) is 62.7 Å². The number of carbonyl (C=O) groups is 1. The van der Waals surface area contributed by atoms with Crippen molar-refractivity contribution in [1.82, 2.24) is 4.90 Å². The number of aliphatic hydroxyl groups is 1. The number of hydrogen-bond acceptors (Lipinski definition) is 6. The number of thiol groups is 1. The Labute approximate surface area is 176 Å². The van der Waals surface area contributed by atoms with Gasteiger partial charge in [-0.25, -0.2) is 0 Å². The van der Waals surface area contributed by atoms with E-state index >= 15 is 0 Å². The van der Waals surface area contributed by atoms with Gasteiger partial charge in [0.25, 0.3) is 0 Å². The summed E-state index contributed by atoms with van der Waals surface area (Å²) in [6.45, 7) is 4.26. The Morgan fingerprint density at radius 2 is 2.04 bits per heavy atom. The van der Waals surface area contributed by atoms with E-state index in [9.17, 15) is 4.79 Å². The molecule has 2 fully saturated rings. The van der Waals surface area contributed by atoms with Crippen LogP contribution in [0.15, 0.2) is 18.2 Å². The molecule has 1 aromatic rings. The molecule has 6 nitrogen and oxygen atoms in total. The quantitative estimate of drug-likeness (QED) is 0.711. The Bertz CT molecular complexity index is 774. The van der Waals surface area contributed by atoms with E-state index in [1.54, 1.807) is 23.1 Å². The summed E-state index contributed by atoms with van der Waals surface area (Å²) in [5.74, 6) is -0.0353. The SMILES string of the molecule is CC1(C)C(=O)N(c2ccc(C#N)c(Cl)c2)C(S)N1C1CCC(OCCO)CC1. The summed E-state index contributed by atoms with van der Waals surface area (Å²) in [5.41, 5.74) is -0.0861. The Morgan fingerprint density at radius 1 is 1.36 bits per heavy atom. The van der Waals surface area contributed by atoms with Crippen LogP contribution in [-0.2, 0) is 9.53 Å². The first-order valence-corrected chi connectivity index (χ1v) is 10.4. The molecule has 1 saturated carbocycles. The molecular weight excluding hydrogens is 398 g/mol. The van der Waals surface area contributed by atoms with Gasteiger partial charge in [-0.2, -0.15) is 5.26 Å². The summed E-state index contributed by atoms with van der Waals surface area (Å²) in [5, 5.41) is 18.3. The van der Waals surface area contributed by atoms with E-state index < -0.39 is 11.0 Å². The van der Waals surface area contributed by atoms with Gasteiger partial charge in [-0.05, 0) is 57.7 Å². The predicted octanol–water partition coefficient (Wildman–Crippen LogP) is 3.17. The number of aliphatic hydroxyl groups excluding tert-OH is 1. The van der Waals surface area contributed by atoms with Gasteiger partial charge in [0.15, 0.2) is 0 Å². The fraction of sp³-hybridized carbons (Fsp3) is 0.600. The molecule has 152 valence electrons. The number of anilines is 1. The lowest BCUT2D eigenvalue weighted by Crippen LogP contribution is -2.52. The topological polar surface area (TPSA) is 76.8 Å². The van der Waals surface area contributed by atoms with Crippen LogP contribution >= 0.6 is 24.2 Å². The Hall–Kier alpha value is -1.30. The summed E-state index contributed by atoms with van der Waals surface area (Å²) < 4.78 is 5.66. The predicted molar refractivity (Wildman–Crippen MR) is 111 cm³/mol. The minimum Gasteiger partial charge on any atom is -0.394 e. The minimum absolute atomic E-state index is 0.0353. The molecule has 1 unspecified atom stereocenters. The molecule has 1 aromatic carbocycles. The fourth-order valence-corrected chi connectivity index (χ4v) is 5.21. The van der Waals surface area contributed by atoms with Crippen LogP contribution in [0.2, 0.25) is 5.02 Å². The monoisotopic (exact) mass is 423 g/mol. The maximum absolute atomic E-state index is 13.2. The van der Waals surface area contributed by atoms with Crippen molar-refractivity contribution < 1.29 is 14.6 Å². The van der Waals surface area contributed by atoms with Gasteiger partial charge in [-0.3, -0.25) is 14.6 Å². The third-order valence-electron chi connectivity index (χ3n) is 5.70. The summed E-state index contributed by atoms with van der Waals surface area (Å²) in [6.07, 6.45) is 3.78. The van der Waals surface area contributed by atoms with Crippen LogP contribution in [0.4, 0.5) is 5.69 Å². The standard InChI is InChI=1S/C20H26ClN3O3S/c1-20(2)18(26)23(15-4-3-13(12-22)17(21)11-15)19(28)24(20)14-5-7-16(8-6-14)27-10-9-25/h3-4,11,14,16,19,25,28H,5-10H2,1-2H3. The Kier molecular flexibility index (Phi) is 6.58. The number of hydrogen-bond donors (Lipinski definition) is 2. The molecule has 1 N–H and O–H groups in total. The van der Waals surface area contributed by atoms with Gasteiger partial charge in [0.05, 0.1) is 35.4 Å². The van der Waals surface area contributed by atoms with Gasteiger partial charge in [-0.15, -0.1) is 12.6 Å². The Balaban J connectivity index is 1.80. The zero-order valence-electron chi connectivity index (χ0n) is 16.1. The molecule has 2 aliphatic rings. The van der Waals surface area contributed by atoms with Crippen LogP contribution in [0.25, 0.3) is 0 Å². The lowest BCUT2D eigenvalue weighted by Gasteiger charge is -2.41. The number of nitrogens with zero attached hydrogens (tertiary/aromatic N) is 3. The highest BCUT2D eigenvalue weighted by atomic mass is 35.5. The molecule has 0 aromatic heterocycles. The van der Waals surface area contributed by atoms with E-state index in [2.05, 4.69) is 4.90 Å². The first-order chi connectivity index (χ1) is 13.3. The van der Waals surface area contributed by atoms with E-state index in [1.165, 1.54) is 0 Å². The molecular formula is C20H26ClN3O3S. The van der Waals surface area contributed by atoms with Crippen molar-refractivity contribution in [3.63, 3.8) is 0 Å². The van der Waals surface area contributed by atoms with Gasteiger partial charge in [-0.1, -0.05) is 11.6 Å². The third kappa shape index (κ3) is 3.89. The van der Waals surface area contributed by atoms with E-state index in [1.807, 2.05) is 19.9 Å². The molecule has 1 atom stereocenters. The summed E-state index contributed by atoms with van der Waals surface area (Å²) >= 11 is 11.0. The van der Waals surface area contributed by atoms with Crippen LogP contribution in [0.3, 0.4) is 0 Å². The molecule has 1 aliphatic carbocycles. The molecule has 0 bridgehead atoms. The van der Waals surface area contributed by atoms with Gasteiger partial charge in [0.1, 0.15) is 11.6 Å². The molecule has 1 heterocycles. The van der Waals surface area contributed by atoms with Crippen LogP contribution in [0.5, 0.6) is 0 Å². The average Bonchev–Trinajstić information content (AvgIpc) is 2.85. The maximum atomic E-state index is 13.2. The fourth-order valence-electron chi connectivity index (χ4n) is 4.27. The number of carbonyl (C=O) groups excluding carboxylic acids is 1. The van der Waals surface area contributed by atoms with Crippen molar-refractivity contribution in [3.8, 4) is 6.07 Å². The molecule has 1 aliphatic heterocycles. The molecule has 28 heavy (non-hydrogen) atoms. The number of ether oxygens (including phenoxy) is 1. The largest absolute Gasteiger partial charge is 0.394 e. The second-order valence-corrected chi connectivity index (χ2v) is 8.66. The van der Waals surface area contributed by atoms with Crippen LogP contribution < -0.4 is 4.90 Å². The molecule has 3 rings (SSSR count). The van der Waals surface area contributed by atoms with Gasteiger partial charge in [0.2, 0.25) is 5.91 Å². The zero-order chi connectivity index (χ0) is 20.5. The van der Waals surface area contributed by atoms with Crippen LogP contribution in [0, 0.1) is 11.3 Å². The lowest BCUT2D eigenvalue weighted by atomic mass is 9.89. The first-order valence-electron chi connectivity index (χ1n) is 9.53. The third-order valence-corrected chi connectivity index (χ3v) is 6.49. The molecule has 8 heteroatoms. The highest BCUT2D eigenvalue weighted by Gasteiger charge is 2.53. The number of nitriles is 1. The van der Waals surface area contributed by atoms with Crippen molar-refractivity contribution in [2.75, 3.05) is 18.1 Å². The zero-order valence-corrected chi connectivity index (χ0v) is 17.8. The molecule has 0 spiro atoms. The van der Waals surface area contributed by atoms with Crippen molar-refractivity contribution >= 4 is 35.8 Å². The lowest BCUT2D eigenvalue weighted by molar-refractivity contribution is -0.124. The molecule has 1 saturated heterocycles. The number of halogens is 1. The minimum atomic E-state index is -0.698. The first kappa shape index (κ1) is 21.4. The van der Waals surface area contributed by atoms with Crippen LogP contribution in [0.1, 0.15) is 45.1 Å². The van der Waals surface area contributed by atoms with Gasteiger partial charge >= 0.3 is 0 Å². The normalized spacial score (nSPS) is 27.8. The second-order valence-electron chi connectivity index (χ2n) is 7.79. The number of amides is 1. The molecule has 1 amide bonds. The van der Waals surface area contributed by atoms with E-state index in [-0.39, 0.29) is 24.7 Å². The van der Waals surface area contributed by atoms with Gasteiger partial charge in [0, 0.05) is 11.7 Å². The van der Waals surface area contributed by atoms with E-state index in [0.717, 1.165) is 25.7 Å². The summed E-state index contributed by atoms with van der Waals surface area (Å²) in [7, 11) is 0. The van der Waals surface area contributed by atoms with Crippen molar-refractivity contribution in [3.05, 3.63) is 28.8 Å². The molecule has 0 radical (unpaired) electrons. The highest BCUT2D eigenvalue weighted by molar-refractivity contribution is 7.81. The van der Waals surface area contributed by atoms with Crippen molar-refractivity contribution in [1.29, 1.82) is 5.26 Å². The van der Waals surface area contributed by atoms with Gasteiger partial charge < -0.3 is 9.84 Å². The summed E-state index contributed by atoms with van der Waals surface area (Å²) in [4.78, 5) is 17.1. The maximum Gasteiger partial charge on any atom is 0.249 e.